The molecule has 0 aliphatic rings. The summed E-state index contributed by atoms with van der Waals surface area (Å²) in [5.41, 5.74) is -0.696. The number of carboxylic acid groups (broad SMARTS) is 4. The van der Waals surface area contributed by atoms with E-state index in [9.17, 15) is 39.6 Å². The summed E-state index contributed by atoms with van der Waals surface area (Å²) in [6.07, 6.45) is 0. The summed E-state index contributed by atoms with van der Waals surface area (Å²) >= 11 is 0. The lowest BCUT2D eigenvalue weighted by atomic mass is 9.84. The molecule has 0 radical (unpaired) electrons. The number of carbonyl (C=O) groups is 4. The molecule has 8 nitrogen and oxygen atoms in total. The molecule has 5 aromatic rings. The Kier molecular flexibility index (Phi) is 3.84. The topological polar surface area (TPSA) is 149 Å². The van der Waals surface area contributed by atoms with Crippen LogP contribution in [0.25, 0.3) is 43.1 Å². The van der Waals surface area contributed by atoms with Crippen LogP contribution in [0.15, 0.2) is 48.5 Å². The van der Waals surface area contributed by atoms with Crippen molar-refractivity contribution in [3.63, 3.8) is 0 Å². The second-order valence-electron chi connectivity index (χ2n) is 7.36. The molecular weight excluding hydrogens is 416 g/mol. The van der Waals surface area contributed by atoms with Crippen LogP contribution in [0.2, 0.25) is 0 Å². The Morgan fingerprint density at radius 2 is 0.625 bits per heavy atom. The minimum absolute atomic E-state index is 0. The maximum Gasteiger partial charge on any atom is 0.336 e. The van der Waals surface area contributed by atoms with E-state index in [0.717, 1.165) is 0 Å². The first kappa shape index (κ1) is 19.3. The first-order valence-corrected chi connectivity index (χ1v) is 9.35. The van der Waals surface area contributed by atoms with E-state index in [0.29, 0.717) is 32.3 Å². The maximum absolute atomic E-state index is 11.9. The largest absolute Gasteiger partial charge is 0.478 e. The first-order valence-electron chi connectivity index (χ1n) is 9.35. The molecule has 0 bridgehead atoms. The summed E-state index contributed by atoms with van der Waals surface area (Å²) in [6, 6.07) is 11.4. The van der Waals surface area contributed by atoms with Gasteiger partial charge in [0.1, 0.15) is 0 Å². The Bertz CT molecular complexity index is 1450. The highest BCUT2D eigenvalue weighted by molar-refractivity contribution is 6.38. The quantitative estimate of drug-likeness (QED) is 0.228. The zero-order valence-electron chi connectivity index (χ0n) is 16.0. The van der Waals surface area contributed by atoms with Crippen molar-refractivity contribution in [1.29, 1.82) is 0 Å². The lowest BCUT2D eigenvalue weighted by Crippen LogP contribution is -2.07. The molecule has 4 N–H and O–H groups in total. The summed E-state index contributed by atoms with van der Waals surface area (Å²) < 4.78 is 0. The van der Waals surface area contributed by atoms with Crippen LogP contribution in [-0.2, 0) is 0 Å². The van der Waals surface area contributed by atoms with Gasteiger partial charge < -0.3 is 20.4 Å². The Morgan fingerprint density at radius 3 is 0.812 bits per heavy atom. The second kappa shape index (κ2) is 6.39. The summed E-state index contributed by atoms with van der Waals surface area (Å²) in [4.78, 5) is 47.5. The normalized spacial score (nSPS) is 11.5. The average molecular weight is 432 g/mol. The molecule has 0 saturated carbocycles. The van der Waals surface area contributed by atoms with E-state index in [1.54, 1.807) is 0 Å². The zero-order valence-corrected chi connectivity index (χ0v) is 16.0. The van der Waals surface area contributed by atoms with Crippen molar-refractivity contribution in [2.45, 2.75) is 0 Å². The molecule has 0 saturated heterocycles. The third-order valence-electron chi connectivity index (χ3n) is 5.82. The van der Waals surface area contributed by atoms with Gasteiger partial charge in [0.05, 0.1) is 22.3 Å². The fraction of sp³-hybridized carbons (Fsp3) is 0. The molecule has 0 aliphatic heterocycles. The van der Waals surface area contributed by atoms with Gasteiger partial charge in [-0.15, -0.1) is 0 Å². The smallest absolute Gasteiger partial charge is 0.336 e. The Labute approximate surface area is 180 Å². The predicted molar refractivity (Wildman–Crippen MR) is 120 cm³/mol. The van der Waals surface area contributed by atoms with Gasteiger partial charge in [-0.05, 0) is 56.6 Å². The van der Waals surface area contributed by atoms with Gasteiger partial charge in [-0.1, -0.05) is 24.3 Å². The van der Waals surface area contributed by atoms with Crippen LogP contribution >= 0.6 is 0 Å². The van der Waals surface area contributed by atoms with Crippen molar-refractivity contribution >= 4 is 67.0 Å². The molecule has 0 heterocycles. The maximum atomic E-state index is 11.9. The van der Waals surface area contributed by atoms with Crippen molar-refractivity contribution in [1.82, 2.24) is 0 Å². The van der Waals surface area contributed by atoms with Gasteiger partial charge in [-0.2, -0.15) is 0 Å². The summed E-state index contributed by atoms with van der Waals surface area (Å²) in [7, 11) is 0. The molecule has 0 spiro atoms. The summed E-state index contributed by atoms with van der Waals surface area (Å²) in [5.74, 6) is -5.13. The average Bonchev–Trinajstić information content (AvgIpc) is 2.75. The molecule has 0 unspecified atom stereocenters. The highest BCUT2D eigenvalue weighted by Crippen LogP contribution is 2.43. The van der Waals surface area contributed by atoms with Crippen molar-refractivity contribution < 1.29 is 42.5 Å². The Morgan fingerprint density at radius 1 is 0.406 bits per heavy atom. The molecule has 160 valence electrons. The van der Waals surface area contributed by atoms with Gasteiger partial charge in [-0.3, -0.25) is 0 Å². The number of aromatic carboxylic acids is 4. The molecule has 5 aromatic carbocycles. The first-order chi connectivity index (χ1) is 15.2. The van der Waals surface area contributed by atoms with E-state index >= 15 is 0 Å². The number of carboxylic acids is 4. The molecule has 8 heteroatoms. The zero-order chi connectivity index (χ0) is 22.9. The Balaban J connectivity index is 0.00000162. The minimum atomic E-state index is -1.28. The fourth-order valence-corrected chi connectivity index (χ4v) is 4.60. The van der Waals surface area contributed by atoms with Crippen LogP contribution in [0.4, 0.5) is 0 Å². The van der Waals surface area contributed by atoms with Crippen LogP contribution in [0.1, 0.15) is 44.3 Å². The van der Waals surface area contributed by atoms with Gasteiger partial charge >= 0.3 is 23.9 Å². The number of rotatable bonds is 4. The fourth-order valence-electron chi connectivity index (χ4n) is 4.60. The predicted octanol–water partition coefficient (Wildman–Crippen LogP) is 5.02. The lowest BCUT2D eigenvalue weighted by molar-refractivity contribution is 0.0681. The van der Waals surface area contributed by atoms with Crippen LogP contribution < -0.4 is 0 Å². The van der Waals surface area contributed by atoms with Crippen LogP contribution in [0, 0.1) is 0 Å². The van der Waals surface area contributed by atoms with Crippen LogP contribution in [0.3, 0.4) is 0 Å². The van der Waals surface area contributed by atoms with Crippen molar-refractivity contribution in [2.24, 2.45) is 0 Å². The minimum Gasteiger partial charge on any atom is -0.478 e. The number of fused-ring (bicyclic) bond motifs is 2. The standard InChI is InChI=1S/C24H12O8.2H2/c25-21(26)13-5-1-9-10-2-6-15(23(29)30)20-16(24(31)32)8-4-12(18(10)20)11-3-7-14(22(27)28)19(13)17(9)11;;/h1-8H,(H,25,26)(H,27,28)(H,29,30)(H,31,32);2*1H. The second-order valence-corrected chi connectivity index (χ2v) is 7.36. The van der Waals surface area contributed by atoms with E-state index in [2.05, 4.69) is 0 Å². The van der Waals surface area contributed by atoms with E-state index in [1.165, 1.54) is 48.5 Å². The van der Waals surface area contributed by atoms with Crippen molar-refractivity contribution in [3.05, 3.63) is 70.8 Å². The lowest BCUT2D eigenvalue weighted by Gasteiger charge is -2.18. The van der Waals surface area contributed by atoms with E-state index in [4.69, 9.17) is 0 Å². The van der Waals surface area contributed by atoms with E-state index in [-0.39, 0.29) is 35.9 Å². The highest BCUT2D eigenvalue weighted by Gasteiger charge is 2.25. The van der Waals surface area contributed by atoms with Crippen LogP contribution in [-0.4, -0.2) is 44.3 Å². The van der Waals surface area contributed by atoms with Crippen molar-refractivity contribution in [3.8, 4) is 0 Å². The molecule has 0 aromatic heterocycles. The SMILES string of the molecule is O=C(O)c1ccc2c3ccc(C(=O)O)c4c(C(=O)O)ccc(c5ccc(C(=O)O)c1c25)c43.[HH].[HH]. The monoisotopic (exact) mass is 432 g/mol. The van der Waals surface area contributed by atoms with E-state index < -0.39 is 23.9 Å². The van der Waals surface area contributed by atoms with Gasteiger partial charge in [0.2, 0.25) is 0 Å². The summed E-state index contributed by atoms with van der Waals surface area (Å²) in [6.45, 7) is 0. The van der Waals surface area contributed by atoms with Gasteiger partial charge in [-0.25, -0.2) is 19.2 Å². The van der Waals surface area contributed by atoms with E-state index in [1.807, 2.05) is 0 Å². The van der Waals surface area contributed by atoms with Crippen LogP contribution in [0.5, 0.6) is 0 Å². The molecule has 0 amide bonds. The molecule has 0 fully saturated rings. The molecular formula is C24H16O8. The summed E-state index contributed by atoms with van der Waals surface area (Å²) in [5, 5.41) is 41.7. The highest BCUT2D eigenvalue weighted by atomic mass is 16.4. The van der Waals surface area contributed by atoms with Gasteiger partial charge in [0, 0.05) is 13.6 Å². The molecule has 0 aliphatic carbocycles. The third kappa shape index (κ3) is 2.37. The van der Waals surface area contributed by atoms with Crippen molar-refractivity contribution in [2.75, 3.05) is 0 Å². The Hall–Kier alpha value is -4.72. The molecule has 0 atom stereocenters. The molecule has 32 heavy (non-hydrogen) atoms. The molecule has 5 rings (SSSR count). The number of hydrogen-bond acceptors (Lipinski definition) is 4. The third-order valence-corrected chi connectivity index (χ3v) is 5.82. The number of benzene rings is 5. The van der Waals surface area contributed by atoms with Gasteiger partial charge in [0.15, 0.2) is 0 Å². The van der Waals surface area contributed by atoms with Gasteiger partial charge in [0.25, 0.3) is 0 Å². The number of hydrogen-bond donors (Lipinski definition) is 4.